The maximum Gasteiger partial charge on any atom is 0.339 e. The Morgan fingerprint density at radius 3 is 2.69 bits per heavy atom. The highest BCUT2D eigenvalue weighted by molar-refractivity contribution is 7.89. The van der Waals surface area contributed by atoms with Gasteiger partial charge < -0.3 is 4.74 Å². The molecule has 0 fully saturated rings. The van der Waals surface area contributed by atoms with E-state index < -0.39 is 28.1 Å². The molecule has 0 amide bonds. The molecule has 1 heterocycles. The summed E-state index contributed by atoms with van der Waals surface area (Å²) in [7, 11) is -3.22. The van der Waals surface area contributed by atoms with Gasteiger partial charge in [-0.25, -0.2) is 13.2 Å². The molecule has 1 aromatic heterocycles. The van der Waals surface area contributed by atoms with Crippen molar-refractivity contribution in [2.75, 3.05) is 6.26 Å². The largest absolute Gasteiger partial charge is 0.439 e. The minimum absolute atomic E-state index is 0.177. The second kappa shape index (κ2) is 7.04. The topological polar surface area (TPSA) is 108 Å². The molecule has 0 aliphatic heterocycles. The van der Waals surface area contributed by atoms with Crippen molar-refractivity contribution < 1.29 is 17.9 Å². The van der Waals surface area contributed by atoms with Crippen LogP contribution < -0.4 is 5.56 Å². The summed E-state index contributed by atoms with van der Waals surface area (Å²) in [6, 6.07) is 12.8. The predicted octanol–water partition coefficient (Wildman–Crippen LogP) is 1.15. The summed E-state index contributed by atoms with van der Waals surface area (Å²) >= 11 is 0. The van der Waals surface area contributed by atoms with Crippen molar-refractivity contribution in [1.82, 2.24) is 15.0 Å². The van der Waals surface area contributed by atoms with Crippen LogP contribution >= 0.6 is 0 Å². The van der Waals surface area contributed by atoms with Crippen molar-refractivity contribution in [1.29, 1.82) is 0 Å². The highest BCUT2D eigenvalue weighted by Gasteiger charge is 2.12. The van der Waals surface area contributed by atoms with Gasteiger partial charge in [0.25, 0.3) is 5.56 Å². The number of benzene rings is 2. The molecule has 0 atom stereocenters. The third kappa shape index (κ3) is 4.12. The lowest BCUT2D eigenvalue weighted by molar-refractivity contribution is 0.0336. The molecule has 9 heteroatoms. The van der Waals surface area contributed by atoms with E-state index in [0.29, 0.717) is 16.5 Å². The molecule has 0 radical (unpaired) electrons. The number of sulfone groups is 1. The number of hydrogen-bond donors (Lipinski definition) is 0. The normalized spacial score (nSPS) is 11.4. The second-order valence-electron chi connectivity index (χ2n) is 5.74. The fourth-order valence-corrected chi connectivity index (χ4v) is 3.19. The lowest BCUT2D eigenvalue weighted by Crippen LogP contribution is -2.26. The van der Waals surface area contributed by atoms with Crippen molar-refractivity contribution in [2.45, 2.75) is 12.5 Å². The van der Waals surface area contributed by atoms with Crippen LogP contribution in [0.2, 0.25) is 0 Å². The first kappa shape index (κ1) is 17.7. The Kier molecular flexibility index (Phi) is 4.81. The first-order valence-electron chi connectivity index (χ1n) is 7.60. The van der Waals surface area contributed by atoms with E-state index in [1.807, 2.05) is 0 Å². The Labute approximate surface area is 148 Å². The molecular formula is C17H15N3O5S. The molecule has 0 unspecified atom stereocenters. The van der Waals surface area contributed by atoms with Gasteiger partial charge in [-0.1, -0.05) is 29.5 Å². The van der Waals surface area contributed by atoms with Crippen LogP contribution in [0.25, 0.3) is 10.9 Å². The van der Waals surface area contributed by atoms with Crippen molar-refractivity contribution in [3.05, 3.63) is 70.0 Å². The average molecular weight is 373 g/mol. The Bertz CT molecular complexity index is 1140. The Balaban J connectivity index is 1.76. The summed E-state index contributed by atoms with van der Waals surface area (Å²) in [5.41, 5.74) is 0.695. The summed E-state index contributed by atoms with van der Waals surface area (Å²) < 4.78 is 28.8. The van der Waals surface area contributed by atoms with Crippen LogP contribution in [0.5, 0.6) is 0 Å². The van der Waals surface area contributed by atoms with E-state index in [-0.39, 0.29) is 11.3 Å². The van der Waals surface area contributed by atoms with Gasteiger partial charge in [-0.15, -0.1) is 5.10 Å². The van der Waals surface area contributed by atoms with Crippen LogP contribution in [0, 0.1) is 0 Å². The fraction of sp³-hybridized carbons (Fsp3) is 0.176. The van der Waals surface area contributed by atoms with E-state index in [9.17, 15) is 18.0 Å². The van der Waals surface area contributed by atoms with E-state index in [2.05, 4.69) is 10.3 Å². The molecule has 26 heavy (non-hydrogen) atoms. The number of fused-ring (bicyclic) bond motifs is 1. The smallest absolute Gasteiger partial charge is 0.339 e. The van der Waals surface area contributed by atoms with Crippen molar-refractivity contribution in [2.24, 2.45) is 0 Å². The average Bonchev–Trinajstić information content (AvgIpc) is 2.60. The van der Waals surface area contributed by atoms with Gasteiger partial charge in [-0.3, -0.25) is 4.79 Å². The van der Waals surface area contributed by atoms with E-state index in [1.165, 1.54) is 12.1 Å². The number of esters is 1. The highest BCUT2D eigenvalue weighted by Crippen LogP contribution is 2.10. The SMILES string of the molecule is CS(=O)(=O)Cc1cccc(C(=O)OCn2nnc3ccccc3c2=O)c1. The quantitative estimate of drug-likeness (QED) is 0.617. The molecule has 0 bridgehead atoms. The Morgan fingerprint density at radius 1 is 1.15 bits per heavy atom. The number of aromatic nitrogens is 3. The van der Waals surface area contributed by atoms with Crippen molar-refractivity contribution >= 4 is 26.7 Å². The number of carbonyl (C=O) groups excluding carboxylic acids is 1. The van der Waals surface area contributed by atoms with Gasteiger partial charge in [0.05, 0.1) is 16.7 Å². The van der Waals surface area contributed by atoms with Gasteiger partial charge in [0.15, 0.2) is 16.6 Å². The minimum atomic E-state index is -3.22. The van der Waals surface area contributed by atoms with Crippen LogP contribution in [0.4, 0.5) is 0 Å². The van der Waals surface area contributed by atoms with Crippen molar-refractivity contribution in [3.8, 4) is 0 Å². The number of rotatable bonds is 5. The monoisotopic (exact) mass is 373 g/mol. The molecular weight excluding hydrogens is 358 g/mol. The molecule has 134 valence electrons. The van der Waals surface area contributed by atoms with E-state index in [1.54, 1.807) is 36.4 Å². The number of ether oxygens (including phenoxy) is 1. The van der Waals surface area contributed by atoms with Crippen LogP contribution in [-0.2, 0) is 27.1 Å². The predicted molar refractivity (Wildman–Crippen MR) is 94.2 cm³/mol. The number of nitrogens with zero attached hydrogens (tertiary/aromatic N) is 3. The van der Waals surface area contributed by atoms with Gasteiger partial charge in [-0.2, -0.15) is 4.68 Å². The first-order chi connectivity index (χ1) is 12.3. The lowest BCUT2D eigenvalue weighted by atomic mass is 10.1. The maximum absolute atomic E-state index is 12.3. The van der Waals surface area contributed by atoms with Crippen molar-refractivity contribution in [3.63, 3.8) is 0 Å². The highest BCUT2D eigenvalue weighted by atomic mass is 32.2. The van der Waals surface area contributed by atoms with Crippen LogP contribution in [0.3, 0.4) is 0 Å². The molecule has 8 nitrogen and oxygen atoms in total. The second-order valence-corrected chi connectivity index (χ2v) is 7.88. The van der Waals surface area contributed by atoms with Gasteiger partial charge in [0.2, 0.25) is 0 Å². The van der Waals surface area contributed by atoms with Crippen LogP contribution in [0.15, 0.2) is 53.3 Å². The van der Waals surface area contributed by atoms with E-state index >= 15 is 0 Å². The number of carbonyl (C=O) groups is 1. The Morgan fingerprint density at radius 2 is 1.92 bits per heavy atom. The fourth-order valence-electron chi connectivity index (χ4n) is 2.40. The van der Waals surface area contributed by atoms with E-state index in [0.717, 1.165) is 10.9 Å². The van der Waals surface area contributed by atoms with Gasteiger partial charge >= 0.3 is 5.97 Å². The lowest BCUT2D eigenvalue weighted by Gasteiger charge is -2.07. The van der Waals surface area contributed by atoms with Gasteiger partial charge in [0, 0.05) is 6.26 Å². The summed E-state index contributed by atoms with van der Waals surface area (Å²) in [6.07, 6.45) is 1.11. The molecule has 0 saturated heterocycles. The maximum atomic E-state index is 12.3. The summed E-state index contributed by atoms with van der Waals surface area (Å²) in [6.45, 7) is -0.397. The number of hydrogen-bond acceptors (Lipinski definition) is 7. The van der Waals surface area contributed by atoms with Gasteiger partial charge in [0.1, 0.15) is 5.52 Å². The summed E-state index contributed by atoms with van der Waals surface area (Å²) in [5, 5.41) is 8.01. The summed E-state index contributed by atoms with van der Waals surface area (Å²) in [5.74, 6) is -0.869. The molecule has 3 rings (SSSR count). The Hall–Kier alpha value is -3.07. The van der Waals surface area contributed by atoms with Crippen LogP contribution in [-0.4, -0.2) is 35.6 Å². The van der Waals surface area contributed by atoms with Crippen LogP contribution in [0.1, 0.15) is 15.9 Å². The zero-order valence-electron chi connectivity index (χ0n) is 13.8. The third-order valence-corrected chi connectivity index (χ3v) is 4.40. The van der Waals surface area contributed by atoms with Gasteiger partial charge in [-0.05, 0) is 29.8 Å². The molecule has 0 saturated carbocycles. The molecule has 0 aliphatic carbocycles. The van der Waals surface area contributed by atoms with E-state index in [4.69, 9.17) is 4.74 Å². The molecule has 0 N–H and O–H groups in total. The zero-order chi connectivity index (χ0) is 18.7. The first-order valence-corrected chi connectivity index (χ1v) is 9.66. The standard InChI is InChI=1S/C17H15N3O5S/c1-26(23,24)10-12-5-4-6-13(9-12)17(22)25-11-20-16(21)14-7-2-3-8-15(14)18-19-20/h2-9H,10-11H2,1H3. The molecule has 0 spiro atoms. The summed E-state index contributed by atoms with van der Waals surface area (Å²) in [4.78, 5) is 24.5. The molecule has 3 aromatic rings. The molecule has 2 aromatic carbocycles. The third-order valence-electron chi connectivity index (χ3n) is 3.54. The minimum Gasteiger partial charge on any atom is -0.439 e. The zero-order valence-corrected chi connectivity index (χ0v) is 14.6. The molecule has 0 aliphatic rings.